The molecule has 10 heteroatoms. The normalized spacial score (nSPS) is 11.3. The number of aryl methyl sites for hydroxylation is 2. The molecule has 0 aliphatic heterocycles. The van der Waals surface area contributed by atoms with Crippen molar-refractivity contribution in [2.24, 2.45) is 0 Å². The Labute approximate surface area is 178 Å². The molecule has 2 aromatic carbocycles. The topological polar surface area (TPSA) is 110 Å². The molecule has 0 atom stereocenters. The lowest BCUT2D eigenvalue weighted by Gasteiger charge is -2.12. The van der Waals surface area contributed by atoms with Gasteiger partial charge in [-0.2, -0.15) is 5.10 Å². The summed E-state index contributed by atoms with van der Waals surface area (Å²) in [6.07, 6.45) is 0. The van der Waals surface area contributed by atoms with E-state index in [0.717, 1.165) is 0 Å². The van der Waals surface area contributed by atoms with Gasteiger partial charge in [-0.1, -0.05) is 17.7 Å². The number of sulfonamides is 1. The van der Waals surface area contributed by atoms with Crippen molar-refractivity contribution in [1.29, 1.82) is 0 Å². The van der Waals surface area contributed by atoms with Crippen molar-refractivity contribution in [2.45, 2.75) is 18.7 Å². The molecule has 2 N–H and O–H groups in total. The number of amides is 1. The molecule has 1 heterocycles. The third-order valence-corrected chi connectivity index (χ3v) is 6.21. The number of carbonyl (C=O) groups is 1. The molecular formula is C20H19ClN4O4S. The molecule has 0 unspecified atom stereocenters. The average molecular weight is 447 g/mol. The molecule has 0 aliphatic carbocycles. The molecule has 3 aromatic rings. The largest absolute Gasteiger partial charge is 0.320 e. The van der Waals surface area contributed by atoms with Crippen molar-refractivity contribution in [3.8, 4) is 5.69 Å². The number of hydrogen-bond donors (Lipinski definition) is 2. The first kappa shape index (κ1) is 21.7. The van der Waals surface area contributed by atoms with Gasteiger partial charge in [-0.05, 0) is 62.9 Å². The summed E-state index contributed by atoms with van der Waals surface area (Å²) in [4.78, 5) is 25.1. The van der Waals surface area contributed by atoms with E-state index in [1.54, 1.807) is 50.2 Å². The summed E-state index contributed by atoms with van der Waals surface area (Å²) in [5.41, 5.74) is 1.03. The third kappa shape index (κ3) is 4.43. The average Bonchev–Trinajstić information content (AvgIpc) is 2.70. The molecule has 8 nitrogen and oxygen atoms in total. The van der Waals surface area contributed by atoms with Gasteiger partial charge >= 0.3 is 0 Å². The van der Waals surface area contributed by atoms with Gasteiger partial charge in [0.15, 0.2) is 5.69 Å². The first-order valence-corrected chi connectivity index (χ1v) is 10.7. The number of aromatic nitrogens is 2. The Morgan fingerprint density at radius 2 is 1.73 bits per heavy atom. The predicted octanol–water partition coefficient (Wildman–Crippen LogP) is 2.66. The van der Waals surface area contributed by atoms with Crippen LogP contribution in [0.25, 0.3) is 5.69 Å². The molecule has 1 aromatic heterocycles. The predicted molar refractivity (Wildman–Crippen MR) is 115 cm³/mol. The molecule has 3 rings (SSSR count). The highest BCUT2D eigenvalue weighted by atomic mass is 35.5. The van der Waals surface area contributed by atoms with Gasteiger partial charge in [-0.25, -0.2) is 17.8 Å². The zero-order valence-electron chi connectivity index (χ0n) is 16.4. The van der Waals surface area contributed by atoms with Crippen LogP contribution in [0.5, 0.6) is 0 Å². The van der Waals surface area contributed by atoms with Crippen LogP contribution in [0.3, 0.4) is 0 Å². The van der Waals surface area contributed by atoms with E-state index in [-0.39, 0.29) is 16.3 Å². The summed E-state index contributed by atoms with van der Waals surface area (Å²) in [6, 6.07) is 12.5. The van der Waals surface area contributed by atoms with Crippen LogP contribution in [0, 0.1) is 13.8 Å². The van der Waals surface area contributed by atoms with E-state index < -0.39 is 21.4 Å². The first-order chi connectivity index (χ1) is 14.1. The second kappa shape index (κ2) is 8.39. The molecule has 0 fully saturated rings. The highest BCUT2D eigenvalue weighted by Gasteiger charge is 2.19. The Morgan fingerprint density at radius 3 is 2.37 bits per heavy atom. The molecular weight excluding hydrogens is 428 g/mol. The van der Waals surface area contributed by atoms with Gasteiger partial charge in [-0.15, -0.1) is 0 Å². The number of rotatable bonds is 5. The van der Waals surface area contributed by atoms with Crippen molar-refractivity contribution in [1.82, 2.24) is 14.5 Å². The smallest absolute Gasteiger partial charge is 0.280 e. The van der Waals surface area contributed by atoms with Crippen LogP contribution in [0.4, 0.5) is 5.69 Å². The molecule has 0 bridgehead atoms. The highest BCUT2D eigenvalue weighted by molar-refractivity contribution is 7.89. The van der Waals surface area contributed by atoms with Crippen molar-refractivity contribution in [3.05, 3.63) is 80.7 Å². The van der Waals surface area contributed by atoms with E-state index in [1.165, 1.54) is 23.9 Å². The van der Waals surface area contributed by atoms with E-state index in [9.17, 15) is 18.0 Å². The Morgan fingerprint density at radius 1 is 1.07 bits per heavy atom. The highest BCUT2D eigenvalue weighted by Crippen LogP contribution is 2.20. The quantitative estimate of drug-likeness (QED) is 0.626. The fraction of sp³-hybridized carbons (Fsp3) is 0.150. The maximum absolute atomic E-state index is 12.7. The van der Waals surface area contributed by atoms with Crippen LogP contribution in [-0.4, -0.2) is 31.2 Å². The Hall–Kier alpha value is -3.01. The number of carbonyl (C=O) groups excluding carboxylic acids is 1. The molecule has 0 aliphatic rings. The lowest BCUT2D eigenvalue weighted by Crippen LogP contribution is -2.27. The van der Waals surface area contributed by atoms with E-state index in [1.807, 2.05) is 0 Å². The fourth-order valence-corrected chi connectivity index (χ4v) is 3.94. The Kier molecular flexibility index (Phi) is 6.06. The Bertz CT molecular complexity index is 1290. The van der Waals surface area contributed by atoms with Gasteiger partial charge < -0.3 is 5.32 Å². The summed E-state index contributed by atoms with van der Waals surface area (Å²) in [7, 11) is -2.40. The second-order valence-corrected chi connectivity index (χ2v) is 8.82. The van der Waals surface area contributed by atoms with E-state index in [4.69, 9.17) is 11.6 Å². The van der Waals surface area contributed by atoms with Gasteiger partial charge in [0.25, 0.3) is 5.91 Å². The third-order valence-electron chi connectivity index (χ3n) is 4.40. The molecule has 1 amide bonds. The van der Waals surface area contributed by atoms with Gasteiger partial charge in [0.2, 0.25) is 15.5 Å². The summed E-state index contributed by atoms with van der Waals surface area (Å²) in [5, 5.41) is 7.28. The van der Waals surface area contributed by atoms with Crippen molar-refractivity contribution in [2.75, 3.05) is 12.4 Å². The molecule has 0 radical (unpaired) electrons. The number of nitrogens with one attached hydrogen (secondary N) is 2. The first-order valence-electron chi connectivity index (χ1n) is 8.85. The minimum atomic E-state index is -3.71. The van der Waals surface area contributed by atoms with Gasteiger partial charge in [0.05, 0.1) is 10.6 Å². The van der Waals surface area contributed by atoms with Crippen LogP contribution in [0.2, 0.25) is 5.02 Å². The molecule has 0 saturated heterocycles. The SMILES string of the molecule is CNS(=O)(=O)c1cc(NC(=O)c2nn(-c3ccc(Cl)cc3)c(C)cc2=O)ccc1C. The maximum atomic E-state index is 12.7. The standard InChI is InChI=1S/C20H19ClN4O4S/c1-12-4-7-15(11-18(12)30(28,29)22-3)23-20(27)19-17(26)10-13(2)25(24-19)16-8-5-14(21)6-9-16/h4-11,22H,1-3H3,(H,23,27). The molecule has 156 valence electrons. The summed E-state index contributed by atoms with van der Waals surface area (Å²) in [5.74, 6) is -0.751. The number of hydrogen-bond acceptors (Lipinski definition) is 5. The molecule has 30 heavy (non-hydrogen) atoms. The number of benzene rings is 2. The summed E-state index contributed by atoms with van der Waals surface area (Å²) >= 11 is 5.91. The second-order valence-electron chi connectivity index (χ2n) is 6.53. The van der Waals surface area contributed by atoms with E-state index in [2.05, 4.69) is 15.1 Å². The zero-order valence-corrected chi connectivity index (χ0v) is 18.0. The van der Waals surface area contributed by atoms with Crippen LogP contribution < -0.4 is 15.5 Å². The monoisotopic (exact) mass is 446 g/mol. The summed E-state index contributed by atoms with van der Waals surface area (Å²) < 4.78 is 28.0. The fourth-order valence-electron chi connectivity index (χ4n) is 2.82. The minimum Gasteiger partial charge on any atom is -0.320 e. The maximum Gasteiger partial charge on any atom is 0.280 e. The van der Waals surface area contributed by atoms with E-state index >= 15 is 0 Å². The van der Waals surface area contributed by atoms with Gasteiger partial charge in [-0.3, -0.25) is 9.59 Å². The van der Waals surface area contributed by atoms with Crippen molar-refractivity contribution in [3.63, 3.8) is 0 Å². The van der Waals surface area contributed by atoms with Crippen molar-refractivity contribution >= 4 is 33.2 Å². The van der Waals surface area contributed by atoms with Crippen LogP contribution in [0.1, 0.15) is 21.7 Å². The number of nitrogens with zero attached hydrogens (tertiary/aromatic N) is 2. The van der Waals surface area contributed by atoms with Crippen LogP contribution in [0.15, 0.2) is 58.2 Å². The van der Waals surface area contributed by atoms with Crippen molar-refractivity contribution < 1.29 is 13.2 Å². The molecule has 0 spiro atoms. The van der Waals surface area contributed by atoms with Crippen LogP contribution >= 0.6 is 11.6 Å². The van der Waals surface area contributed by atoms with Gasteiger partial charge in [0.1, 0.15) is 0 Å². The number of anilines is 1. The number of halogens is 1. The van der Waals surface area contributed by atoms with Gasteiger partial charge in [0, 0.05) is 22.5 Å². The minimum absolute atomic E-state index is 0.0261. The van der Waals surface area contributed by atoms with Crippen LogP contribution in [-0.2, 0) is 10.0 Å². The van der Waals surface area contributed by atoms with E-state index in [0.29, 0.717) is 22.0 Å². The molecule has 0 saturated carbocycles. The lowest BCUT2D eigenvalue weighted by atomic mass is 10.2. The Balaban J connectivity index is 1.98. The summed E-state index contributed by atoms with van der Waals surface area (Å²) in [6.45, 7) is 3.34. The zero-order chi connectivity index (χ0) is 22.1. The lowest BCUT2D eigenvalue weighted by molar-refractivity contribution is 0.101.